The summed E-state index contributed by atoms with van der Waals surface area (Å²) in [5, 5.41) is 6.43. The topological polar surface area (TPSA) is 87.4 Å². The minimum absolute atomic E-state index is 0.155. The van der Waals surface area contributed by atoms with Crippen LogP contribution in [0.2, 0.25) is 0 Å². The minimum atomic E-state index is 0.155. The molecule has 0 saturated heterocycles. The number of rotatable bonds is 9. The van der Waals surface area contributed by atoms with Crippen LogP contribution < -0.4 is 10.6 Å². The van der Waals surface area contributed by atoms with E-state index in [1.807, 2.05) is 61.7 Å². The molecule has 0 radical (unpaired) electrons. The van der Waals surface area contributed by atoms with Gasteiger partial charge >= 0.3 is 0 Å². The molecule has 0 unspecified atom stereocenters. The smallest absolute Gasteiger partial charge is 0.224 e. The number of amides is 1. The van der Waals surface area contributed by atoms with Gasteiger partial charge in [-0.2, -0.15) is 0 Å². The lowest BCUT2D eigenvalue weighted by Gasteiger charge is -2.19. The van der Waals surface area contributed by atoms with Crippen LogP contribution in [-0.2, 0) is 11.3 Å². The van der Waals surface area contributed by atoms with Crippen LogP contribution in [0.5, 0.6) is 0 Å². The number of nitrogens with one attached hydrogen (secondary N) is 2. The van der Waals surface area contributed by atoms with Gasteiger partial charge in [0.1, 0.15) is 11.6 Å². The molecule has 0 fully saturated rings. The van der Waals surface area contributed by atoms with Crippen LogP contribution in [0.25, 0.3) is 5.82 Å². The Hall–Kier alpha value is -2.90. The van der Waals surface area contributed by atoms with E-state index in [9.17, 15) is 4.79 Å². The van der Waals surface area contributed by atoms with Crippen molar-refractivity contribution in [2.75, 3.05) is 26.2 Å². The Morgan fingerprint density at radius 1 is 1.18 bits per heavy atom. The lowest BCUT2D eigenvalue weighted by molar-refractivity contribution is -0.130. The first-order valence-corrected chi connectivity index (χ1v) is 9.84. The molecule has 8 nitrogen and oxygen atoms in total. The van der Waals surface area contributed by atoms with Crippen molar-refractivity contribution in [1.82, 2.24) is 30.1 Å². The van der Waals surface area contributed by atoms with Crippen molar-refractivity contribution < 1.29 is 4.79 Å². The second kappa shape index (κ2) is 11.1. The standard InChI is InChI=1S/C20H31N7O/c1-5-21-20(23-11-10-19(28)26(6-2)7-3)25-15-17-8-9-18(24-14-17)27-13-12-22-16(27)4/h8-9,12-14H,5-7,10-11,15H2,1-4H3,(H2,21,23,25). The first kappa shape index (κ1) is 21.4. The molecule has 0 aliphatic carbocycles. The molecular weight excluding hydrogens is 354 g/mol. The van der Waals surface area contributed by atoms with Crippen LogP contribution in [0.3, 0.4) is 0 Å². The number of carbonyl (C=O) groups excluding carboxylic acids is 1. The summed E-state index contributed by atoms with van der Waals surface area (Å²) in [6.07, 6.45) is 5.93. The summed E-state index contributed by atoms with van der Waals surface area (Å²) in [7, 11) is 0. The maximum absolute atomic E-state index is 12.1. The number of pyridine rings is 1. The molecule has 2 N–H and O–H groups in total. The number of carbonyl (C=O) groups is 1. The zero-order valence-corrected chi connectivity index (χ0v) is 17.3. The van der Waals surface area contributed by atoms with Crippen molar-refractivity contribution in [3.8, 4) is 5.82 Å². The Bertz CT molecular complexity index is 763. The highest BCUT2D eigenvalue weighted by atomic mass is 16.2. The Kier molecular flexibility index (Phi) is 8.45. The van der Waals surface area contributed by atoms with E-state index < -0.39 is 0 Å². The van der Waals surface area contributed by atoms with Crippen molar-refractivity contribution in [3.05, 3.63) is 42.1 Å². The fourth-order valence-electron chi connectivity index (χ4n) is 2.81. The fraction of sp³-hybridized carbons (Fsp3) is 0.500. The lowest BCUT2D eigenvalue weighted by Crippen LogP contribution is -2.40. The number of nitrogens with zero attached hydrogens (tertiary/aromatic N) is 5. The van der Waals surface area contributed by atoms with E-state index in [2.05, 4.69) is 25.6 Å². The van der Waals surface area contributed by atoms with Gasteiger partial charge < -0.3 is 15.5 Å². The quantitative estimate of drug-likeness (QED) is 0.508. The maximum Gasteiger partial charge on any atom is 0.224 e. The van der Waals surface area contributed by atoms with Gasteiger partial charge in [-0.25, -0.2) is 15.0 Å². The van der Waals surface area contributed by atoms with E-state index in [1.165, 1.54) is 0 Å². The second-order valence-corrected chi connectivity index (χ2v) is 6.31. The number of aryl methyl sites for hydroxylation is 1. The molecule has 0 aliphatic rings. The highest BCUT2D eigenvalue weighted by molar-refractivity contribution is 5.81. The summed E-state index contributed by atoms with van der Waals surface area (Å²) >= 11 is 0. The molecule has 0 saturated carbocycles. The lowest BCUT2D eigenvalue weighted by atomic mass is 10.3. The van der Waals surface area contributed by atoms with Crippen LogP contribution in [0.4, 0.5) is 0 Å². The predicted molar refractivity (Wildman–Crippen MR) is 111 cm³/mol. The summed E-state index contributed by atoms with van der Waals surface area (Å²) in [4.78, 5) is 27.2. The molecule has 1 amide bonds. The molecule has 0 atom stereocenters. The molecule has 8 heteroatoms. The Labute approximate surface area is 167 Å². The normalized spacial score (nSPS) is 11.4. The number of hydrogen-bond acceptors (Lipinski definition) is 4. The molecule has 2 aromatic heterocycles. The van der Waals surface area contributed by atoms with E-state index in [0.717, 1.165) is 36.8 Å². The van der Waals surface area contributed by atoms with Crippen LogP contribution in [-0.4, -0.2) is 57.5 Å². The van der Waals surface area contributed by atoms with Gasteiger partial charge in [0.25, 0.3) is 0 Å². The van der Waals surface area contributed by atoms with Gasteiger partial charge in [-0.1, -0.05) is 6.07 Å². The maximum atomic E-state index is 12.1. The number of guanidine groups is 1. The third-order valence-corrected chi connectivity index (χ3v) is 4.39. The van der Waals surface area contributed by atoms with Crippen molar-refractivity contribution in [1.29, 1.82) is 0 Å². The molecule has 0 aromatic carbocycles. The van der Waals surface area contributed by atoms with E-state index in [-0.39, 0.29) is 5.91 Å². The molecule has 2 rings (SSSR count). The number of imidazole rings is 1. The van der Waals surface area contributed by atoms with Crippen molar-refractivity contribution in [2.45, 2.75) is 40.7 Å². The Morgan fingerprint density at radius 3 is 2.54 bits per heavy atom. The third-order valence-electron chi connectivity index (χ3n) is 4.39. The Balaban J connectivity index is 1.91. The van der Waals surface area contributed by atoms with Crippen LogP contribution in [0.1, 0.15) is 38.6 Å². The van der Waals surface area contributed by atoms with Gasteiger partial charge in [0.15, 0.2) is 5.96 Å². The first-order chi connectivity index (χ1) is 13.6. The van der Waals surface area contributed by atoms with Gasteiger partial charge in [-0.05, 0) is 39.3 Å². The Morgan fingerprint density at radius 2 is 1.96 bits per heavy atom. The van der Waals surface area contributed by atoms with Crippen molar-refractivity contribution >= 4 is 11.9 Å². The SMILES string of the molecule is CCNC(=NCc1ccc(-n2ccnc2C)nc1)NCCC(=O)N(CC)CC. The monoisotopic (exact) mass is 385 g/mol. The van der Waals surface area contributed by atoms with Gasteiger partial charge in [-0.3, -0.25) is 9.36 Å². The third kappa shape index (κ3) is 6.07. The predicted octanol–water partition coefficient (Wildman–Crippen LogP) is 1.89. The summed E-state index contributed by atoms with van der Waals surface area (Å²) < 4.78 is 1.94. The molecule has 0 spiro atoms. The molecule has 0 aliphatic heterocycles. The number of hydrogen-bond donors (Lipinski definition) is 2. The highest BCUT2D eigenvalue weighted by Gasteiger charge is 2.09. The zero-order valence-electron chi connectivity index (χ0n) is 17.3. The number of aromatic nitrogens is 3. The van der Waals surface area contributed by atoms with Crippen LogP contribution in [0.15, 0.2) is 35.7 Å². The summed E-state index contributed by atoms with van der Waals surface area (Å²) in [6, 6.07) is 3.97. The average molecular weight is 386 g/mol. The van der Waals surface area contributed by atoms with Crippen LogP contribution >= 0.6 is 0 Å². The van der Waals surface area contributed by atoms with Gasteiger partial charge in [0.2, 0.25) is 5.91 Å². The number of aliphatic imine (C=N–C) groups is 1. The molecule has 0 bridgehead atoms. The highest BCUT2D eigenvalue weighted by Crippen LogP contribution is 2.09. The molecular formula is C20H31N7O. The fourth-order valence-corrected chi connectivity index (χ4v) is 2.81. The van der Waals surface area contributed by atoms with Crippen molar-refractivity contribution in [2.24, 2.45) is 4.99 Å². The van der Waals surface area contributed by atoms with Gasteiger partial charge in [0.05, 0.1) is 6.54 Å². The van der Waals surface area contributed by atoms with Crippen LogP contribution in [0, 0.1) is 6.92 Å². The van der Waals surface area contributed by atoms with E-state index in [4.69, 9.17) is 0 Å². The van der Waals surface area contributed by atoms with E-state index >= 15 is 0 Å². The largest absolute Gasteiger partial charge is 0.357 e. The zero-order chi connectivity index (χ0) is 20.4. The van der Waals surface area contributed by atoms with Crippen molar-refractivity contribution in [3.63, 3.8) is 0 Å². The summed E-state index contributed by atoms with van der Waals surface area (Å²) in [5.41, 5.74) is 1.01. The van der Waals surface area contributed by atoms with Gasteiger partial charge in [-0.15, -0.1) is 0 Å². The molecule has 28 heavy (non-hydrogen) atoms. The van der Waals surface area contributed by atoms with Gasteiger partial charge in [0, 0.05) is 51.2 Å². The van der Waals surface area contributed by atoms with E-state index in [0.29, 0.717) is 25.5 Å². The second-order valence-electron chi connectivity index (χ2n) is 6.31. The average Bonchev–Trinajstić information content (AvgIpc) is 3.13. The van der Waals surface area contributed by atoms with E-state index in [1.54, 1.807) is 6.20 Å². The molecule has 152 valence electrons. The molecule has 2 heterocycles. The first-order valence-electron chi connectivity index (χ1n) is 9.84. The summed E-state index contributed by atoms with van der Waals surface area (Å²) in [5.74, 6) is 2.59. The summed E-state index contributed by atoms with van der Waals surface area (Å²) in [6.45, 7) is 11.2. The minimum Gasteiger partial charge on any atom is -0.357 e. The molecule has 2 aromatic rings.